The topological polar surface area (TPSA) is 18.5 Å². The minimum atomic E-state index is 0.436. The smallest absolute Gasteiger partial charge is 0.131 e. The first-order valence-corrected chi connectivity index (χ1v) is 7.11. The number of hydrogen-bond acceptors (Lipinski definition) is 2. The van der Waals surface area contributed by atoms with Gasteiger partial charge in [0.15, 0.2) is 0 Å². The highest BCUT2D eigenvalue weighted by Crippen LogP contribution is 2.32. The largest absolute Gasteiger partial charge is 0.496 e. The molecule has 0 amide bonds. The van der Waals surface area contributed by atoms with E-state index in [0.717, 1.165) is 17.2 Å². The molecule has 0 aromatic heterocycles. The summed E-state index contributed by atoms with van der Waals surface area (Å²) in [6.07, 6.45) is 0. The van der Waals surface area contributed by atoms with E-state index >= 15 is 0 Å². The highest BCUT2D eigenvalue weighted by Gasteiger charge is 2.08. The number of hydrogen-bond donors (Lipinski definition) is 0. The Balaban J connectivity index is 0.000000956. The molecule has 0 saturated heterocycles. The van der Waals surface area contributed by atoms with E-state index in [9.17, 15) is 0 Å². The van der Waals surface area contributed by atoms with E-state index in [4.69, 9.17) is 9.47 Å². The summed E-state index contributed by atoms with van der Waals surface area (Å²) in [6, 6.07) is 15.7. The van der Waals surface area contributed by atoms with E-state index in [2.05, 4.69) is 19.9 Å². The van der Waals surface area contributed by atoms with Crippen LogP contribution in [0.25, 0.3) is 0 Å². The van der Waals surface area contributed by atoms with Crippen molar-refractivity contribution in [2.24, 2.45) is 0 Å². The molecule has 0 aliphatic rings. The highest BCUT2D eigenvalue weighted by atomic mass is 16.5. The Morgan fingerprint density at radius 1 is 0.850 bits per heavy atom. The molecular weight excluding hydrogens is 248 g/mol. The molecule has 0 aliphatic heterocycles. The molecule has 2 nitrogen and oxygen atoms in total. The van der Waals surface area contributed by atoms with Crippen molar-refractivity contribution < 1.29 is 9.47 Å². The van der Waals surface area contributed by atoms with Gasteiger partial charge in [0, 0.05) is 6.07 Å². The van der Waals surface area contributed by atoms with Crippen LogP contribution in [0.2, 0.25) is 0 Å². The monoisotopic (exact) mass is 272 g/mol. The maximum atomic E-state index is 5.78. The molecule has 0 radical (unpaired) electrons. The molecule has 0 aliphatic carbocycles. The first-order valence-electron chi connectivity index (χ1n) is 7.11. The average Bonchev–Trinajstić information content (AvgIpc) is 2.50. The zero-order valence-corrected chi connectivity index (χ0v) is 13.0. The summed E-state index contributed by atoms with van der Waals surface area (Å²) in [5, 5.41) is 0. The Kier molecular flexibility index (Phi) is 6.65. The highest BCUT2D eigenvalue weighted by molar-refractivity contribution is 5.43. The fourth-order valence-electron chi connectivity index (χ4n) is 1.86. The summed E-state index contributed by atoms with van der Waals surface area (Å²) in [7, 11) is 1.69. The molecular formula is C18H24O2. The van der Waals surface area contributed by atoms with Gasteiger partial charge in [-0.05, 0) is 29.7 Å². The molecule has 2 aromatic carbocycles. The lowest BCUT2D eigenvalue weighted by molar-refractivity contribution is 0.402. The van der Waals surface area contributed by atoms with E-state index in [1.54, 1.807) is 7.11 Å². The van der Waals surface area contributed by atoms with Crippen molar-refractivity contribution in [1.82, 2.24) is 0 Å². The maximum absolute atomic E-state index is 5.78. The van der Waals surface area contributed by atoms with Crippen LogP contribution in [0.15, 0.2) is 48.5 Å². The predicted octanol–water partition coefficient (Wildman–Crippen LogP) is 5.64. The average molecular weight is 272 g/mol. The number of rotatable bonds is 4. The number of ether oxygens (including phenoxy) is 2. The van der Waals surface area contributed by atoms with Crippen LogP contribution >= 0.6 is 0 Å². The van der Waals surface area contributed by atoms with E-state index in [1.807, 2.05) is 56.3 Å². The lowest BCUT2D eigenvalue weighted by atomic mass is 10.0. The molecule has 0 unspecified atom stereocenters. The van der Waals surface area contributed by atoms with Crippen LogP contribution in [-0.2, 0) is 0 Å². The molecule has 0 spiro atoms. The molecule has 108 valence electrons. The van der Waals surface area contributed by atoms with Crippen molar-refractivity contribution in [3.05, 3.63) is 54.1 Å². The standard InChI is InChI=1S/C16H18O2.C2H6/c1-12(2)15-10-9-14(11-16(15)17-3)18-13-7-5-4-6-8-13;1-2/h4-12H,1-3H3;1-2H3. The van der Waals surface area contributed by atoms with Gasteiger partial charge < -0.3 is 9.47 Å². The van der Waals surface area contributed by atoms with Crippen LogP contribution < -0.4 is 9.47 Å². The van der Waals surface area contributed by atoms with Crippen molar-refractivity contribution in [3.63, 3.8) is 0 Å². The third kappa shape index (κ3) is 4.30. The molecule has 2 heteroatoms. The van der Waals surface area contributed by atoms with Gasteiger partial charge in [-0.1, -0.05) is 52.0 Å². The predicted molar refractivity (Wildman–Crippen MR) is 84.9 cm³/mol. The van der Waals surface area contributed by atoms with Gasteiger partial charge >= 0.3 is 0 Å². The summed E-state index contributed by atoms with van der Waals surface area (Å²) in [4.78, 5) is 0. The van der Waals surface area contributed by atoms with E-state index in [1.165, 1.54) is 5.56 Å². The molecule has 0 N–H and O–H groups in total. The van der Waals surface area contributed by atoms with Gasteiger partial charge in [0.2, 0.25) is 0 Å². The van der Waals surface area contributed by atoms with Crippen LogP contribution in [-0.4, -0.2) is 7.11 Å². The summed E-state index contributed by atoms with van der Waals surface area (Å²) < 4.78 is 11.2. The van der Waals surface area contributed by atoms with Gasteiger partial charge in [-0.2, -0.15) is 0 Å². The zero-order chi connectivity index (χ0) is 15.0. The third-order valence-electron chi connectivity index (χ3n) is 2.81. The molecule has 0 saturated carbocycles. The number of para-hydroxylation sites is 1. The normalized spacial score (nSPS) is 9.70. The van der Waals surface area contributed by atoms with Crippen LogP contribution in [0.5, 0.6) is 17.2 Å². The van der Waals surface area contributed by atoms with Crippen LogP contribution in [0.3, 0.4) is 0 Å². The second-order valence-electron chi connectivity index (χ2n) is 4.47. The summed E-state index contributed by atoms with van der Waals surface area (Å²) in [5.41, 5.74) is 1.19. The molecule has 2 rings (SSSR count). The SMILES string of the molecule is CC.COc1cc(Oc2ccccc2)ccc1C(C)C. The van der Waals surface area contributed by atoms with Crippen molar-refractivity contribution >= 4 is 0 Å². The second-order valence-corrected chi connectivity index (χ2v) is 4.47. The van der Waals surface area contributed by atoms with Crippen molar-refractivity contribution in [2.45, 2.75) is 33.6 Å². The van der Waals surface area contributed by atoms with Gasteiger partial charge in [-0.15, -0.1) is 0 Å². The minimum Gasteiger partial charge on any atom is -0.496 e. The van der Waals surface area contributed by atoms with Crippen molar-refractivity contribution in [3.8, 4) is 17.2 Å². The molecule has 20 heavy (non-hydrogen) atoms. The van der Waals surface area contributed by atoms with E-state index in [-0.39, 0.29) is 0 Å². The molecule has 0 atom stereocenters. The fourth-order valence-corrected chi connectivity index (χ4v) is 1.86. The van der Waals surface area contributed by atoms with Gasteiger partial charge in [0.05, 0.1) is 7.11 Å². The minimum absolute atomic E-state index is 0.436. The van der Waals surface area contributed by atoms with E-state index < -0.39 is 0 Å². The fraction of sp³-hybridized carbons (Fsp3) is 0.333. The first kappa shape index (κ1) is 16.1. The van der Waals surface area contributed by atoms with Gasteiger partial charge in [-0.3, -0.25) is 0 Å². The summed E-state index contributed by atoms with van der Waals surface area (Å²) in [5.74, 6) is 2.93. The van der Waals surface area contributed by atoms with Gasteiger partial charge in [-0.25, -0.2) is 0 Å². The Hall–Kier alpha value is -1.96. The Morgan fingerprint density at radius 3 is 2.05 bits per heavy atom. The van der Waals surface area contributed by atoms with Crippen LogP contribution in [0.4, 0.5) is 0 Å². The lowest BCUT2D eigenvalue weighted by Crippen LogP contribution is -1.95. The Bertz CT molecular complexity index is 504. The molecule has 2 aromatic rings. The van der Waals surface area contributed by atoms with Crippen LogP contribution in [0.1, 0.15) is 39.2 Å². The third-order valence-corrected chi connectivity index (χ3v) is 2.81. The first-order chi connectivity index (χ1) is 9.70. The maximum Gasteiger partial charge on any atom is 0.131 e. The number of methoxy groups -OCH3 is 1. The van der Waals surface area contributed by atoms with Crippen molar-refractivity contribution in [1.29, 1.82) is 0 Å². The number of benzene rings is 2. The van der Waals surface area contributed by atoms with Crippen LogP contribution in [0, 0.1) is 0 Å². The van der Waals surface area contributed by atoms with E-state index in [0.29, 0.717) is 5.92 Å². The summed E-state index contributed by atoms with van der Waals surface area (Å²) in [6.45, 7) is 8.30. The molecule has 0 fully saturated rings. The molecule has 0 heterocycles. The van der Waals surface area contributed by atoms with Crippen molar-refractivity contribution in [2.75, 3.05) is 7.11 Å². The lowest BCUT2D eigenvalue weighted by Gasteiger charge is -2.13. The quantitative estimate of drug-likeness (QED) is 0.717. The Morgan fingerprint density at radius 2 is 1.50 bits per heavy atom. The Labute approximate surface area is 122 Å². The summed E-state index contributed by atoms with van der Waals surface area (Å²) >= 11 is 0. The van der Waals surface area contributed by atoms with Gasteiger partial charge in [0.1, 0.15) is 17.2 Å². The van der Waals surface area contributed by atoms with Gasteiger partial charge in [0.25, 0.3) is 0 Å². The second kappa shape index (κ2) is 8.26. The zero-order valence-electron chi connectivity index (χ0n) is 13.0. The molecule has 0 bridgehead atoms.